The number of nitrogens with zero attached hydrogens (tertiary/aromatic N) is 1. The molecule has 6 rings (SSSR count). The van der Waals surface area contributed by atoms with Crippen molar-refractivity contribution in [3.63, 3.8) is 0 Å². The lowest BCUT2D eigenvalue weighted by Gasteiger charge is -2.40. The second-order valence-electron chi connectivity index (χ2n) is 11.2. The summed E-state index contributed by atoms with van der Waals surface area (Å²) >= 11 is 0. The molecule has 1 aliphatic carbocycles. The number of benzene rings is 4. The Morgan fingerprint density at radius 2 is 1.73 bits per heavy atom. The van der Waals surface area contributed by atoms with Crippen molar-refractivity contribution in [3.8, 4) is 11.5 Å². The Hall–Kier alpha value is -4.98. The van der Waals surface area contributed by atoms with E-state index >= 15 is 0 Å². The van der Waals surface area contributed by atoms with Crippen molar-refractivity contribution in [3.05, 3.63) is 111 Å². The third-order valence-corrected chi connectivity index (χ3v) is 7.78. The van der Waals surface area contributed by atoms with Gasteiger partial charge in [0.05, 0.1) is 23.6 Å². The van der Waals surface area contributed by atoms with Crippen LogP contribution in [0.25, 0.3) is 16.3 Å². The van der Waals surface area contributed by atoms with E-state index in [2.05, 4.69) is 43.4 Å². The van der Waals surface area contributed by atoms with E-state index in [4.69, 9.17) is 9.47 Å². The molecule has 1 heterocycles. The maximum atomic E-state index is 13.7. The highest BCUT2D eigenvalue weighted by atomic mass is 16.6. The molecule has 4 aromatic carbocycles. The zero-order chi connectivity index (χ0) is 28.9. The van der Waals surface area contributed by atoms with E-state index in [0.29, 0.717) is 12.2 Å². The molecule has 4 aromatic rings. The first kappa shape index (κ1) is 26.3. The molecular weight excluding hydrogens is 520 g/mol. The van der Waals surface area contributed by atoms with Gasteiger partial charge in [0.15, 0.2) is 17.3 Å². The number of esters is 1. The standard InChI is InChI=1S/C33H28N2O6/c1-33(2)17-24-29-23-7-5-4-6-19(23)10-14-25(29)34-31(30(24)26(36)18-33)21-11-15-27(28(16-21)40-3)41-32(37)20-8-12-22(13-9-20)35(38)39/h4-16,31,34H,17-18H2,1-3H3/t31-/m0/s1. The molecule has 206 valence electrons. The van der Waals surface area contributed by atoms with Gasteiger partial charge in [-0.3, -0.25) is 14.9 Å². The average Bonchev–Trinajstić information content (AvgIpc) is 2.96. The monoisotopic (exact) mass is 548 g/mol. The number of rotatable bonds is 5. The Morgan fingerprint density at radius 3 is 2.46 bits per heavy atom. The predicted octanol–water partition coefficient (Wildman–Crippen LogP) is 7.29. The highest BCUT2D eigenvalue weighted by Crippen LogP contribution is 2.52. The summed E-state index contributed by atoms with van der Waals surface area (Å²) in [6.07, 6.45) is 1.22. The fraction of sp³-hybridized carbons (Fsp3) is 0.212. The number of hydrogen-bond acceptors (Lipinski definition) is 7. The van der Waals surface area contributed by atoms with Crippen LogP contribution in [-0.4, -0.2) is 23.8 Å². The van der Waals surface area contributed by atoms with Crippen molar-refractivity contribution >= 4 is 39.5 Å². The van der Waals surface area contributed by atoms with Crippen molar-refractivity contribution in [2.75, 3.05) is 12.4 Å². The Balaban J connectivity index is 1.39. The highest BCUT2D eigenvalue weighted by Gasteiger charge is 2.41. The van der Waals surface area contributed by atoms with Crippen LogP contribution in [0.5, 0.6) is 11.5 Å². The number of hydrogen-bond donors (Lipinski definition) is 1. The van der Waals surface area contributed by atoms with Gasteiger partial charge < -0.3 is 14.8 Å². The summed E-state index contributed by atoms with van der Waals surface area (Å²) in [4.78, 5) is 36.9. The molecule has 41 heavy (non-hydrogen) atoms. The molecule has 1 N–H and O–H groups in total. The van der Waals surface area contributed by atoms with Gasteiger partial charge in [-0.25, -0.2) is 4.79 Å². The molecular formula is C33H28N2O6. The SMILES string of the molecule is COc1cc([C@@H]2Nc3ccc4ccccc4c3C3=C2C(=O)CC(C)(C)C3)ccc1OC(=O)c1ccc([N+](=O)[O-])cc1. The molecule has 0 spiro atoms. The number of ketones is 1. The molecule has 2 aliphatic rings. The van der Waals surface area contributed by atoms with Crippen LogP contribution in [0.3, 0.4) is 0 Å². The second-order valence-corrected chi connectivity index (χ2v) is 11.2. The summed E-state index contributed by atoms with van der Waals surface area (Å²) in [5.74, 6) is -0.0288. The van der Waals surface area contributed by atoms with E-state index in [1.807, 2.05) is 18.2 Å². The fourth-order valence-electron chi connectivity index (χ4n) is 5.91. The lowest BCUT2D eigenvalue weighted by Crippen LogP contribution is -2.33. The summed E-state index contributed by atoms with van der Waals surface area (Å²) < 4.78 is 11.2. The first-order valence-electron chi connectivity index (χ1n) is 13.3. The summed E-state index contributed by atoms with van der Waals surface area (Å²) in [7, 11) is 1.48. The third-order valence-electron chi connectivity index (χ3n) is 7.78. The van der Waals surface area contributed by atoms with Gasteiger partial charge in [-0.05, 0) is 64.1 Å². The first-order valence-corrected chi connectivity index (χ1v) is 13.3. The number of carbonyl (C=O) groups is 2. The van der Waals surface area contributed by atoms with Crippen LogP contribution < -0.4 is 14.8 Å². The Bertz CT molecular complexity index is 1770. The molecule has 0 aromatic heterocycles. The molecule has 0 amide bonds. The first-order chi connectivity index (χ1) is 19.6. The van der Waals surface area contributed by atoms with Gasteiger partial charge in [0, 0.05) is 35.4 Å². The van der Waals surface area contributed by atoms with Crippen molar-refractivity contribution in [1.82, 2.24) is 0 Å². The number of non-ortho nitro benzene ring substituents is 1. The number of Topliss-reactive ketones (excluding diaryl/α,β-unsaturated/α-hetero) is 1. The van der Waals surface area contributed by atoms with Crippen LogP contribution in [0.4, 0.5) is 11.4 Å². The van der Waals surface area contributed by atoms with Gasteiger partial charge in [0.1, 0.15) is 0 Å². The summed E-state index contributed by atoms with van der Waals surface area (Å²) in [6, 6.07) is 22.4. The van der Waals surface area contributed by atoms with E-state index < -0.39 is 16.9 Å². The van der Waals surface area contributed by atoms with Crippen molar-refractivity contribution in [2.24, 2.45) is 5.41 Å². The third kappa shape index (κ3) is 4.71. The minimum atomic E-state index is -0.669. The van der Waals surface area contributed by atoms with Crippen LogP contribution in [0.1, 0.15) is 54.2 Å². The molecule has 0 fully saturated rings. The van der Waals surface area contributed by atoms with Crippen molar-refractivity contribution < 1.29 is 24.0 Å². The molecule has 8 nitrogen and oxygen atoms in total. The predicted molar refractivity (Wildman–Crippen MR) is 156 cm³/mol. The maximum Gasteiger partial charge on any atom is 0.343 e. The molecule has 8 heteroatoms. The van der Waals surface area contributed by atoms with E-state index in [0.717, 1.165) is 45.2 Å². The lowest BCUT2D eigenvalue weighted by molar-refractivity contribution is -0.384. The number of nitrogens with one attached hydrogen (secondary N) is 1. The van der Waals surface area contributed by atoms with Gasteiger partial charge in [-0.15, -0.1) is 0 Å². The number of carbonyl (C=O) groups excluding carboxylic acids is 2. The Labute approximate surface area is 236 Å². The van der Waals surface area contributed by atoms with E-state index in [-0.39, 0.29) is 28.2 Å². The van der Waals surface area contributed by atoms with Gasteiger partial charge >= 0.3 is 5.97 Å². The minimum Gasteiger partial charge on any atom is -0.493 e. The van der Waals surface area contributed by atoms with Crippen LogP contribution in [0.2, 0.25) is 0 Å². The molecule has 0 radical (unpaired) electrons. The van der Waals surface area contributed by atoms with Crippen molar-refractivity contribution in [2.45, 2.75) is 32.7 Å². The fourth-order valence-corrected chi connectivity index (χ4v) is 5.91. The average molecular weight is 549 g/mol. The van der Waals surface area contributed by atoms with Crippen LogP contribution in [0, 0.1) is 15.5 Å². The zero-order valence-corrected chi connectivity index (χ0v) is 22.9. The number of methoxy groups -OCH3 is 1. The van der Waals surface area contributed by atoms with Crippen molar-refractivity contribution in [1.29, 1.82) is 0 Å². The van der Waals surface area contributed by atoms with Gasteiger partial charge in [0.2, 0.25) is 0 Å². The van der Waals surface area contributed by atoms with Gasteiger partial charge in [-0.1, -0.05) is 50.2 Å². The number of ether oxygens (including phenoxy) is 2. The smallest absolute Gasteiger partial charge is 0.343 e. The normalized spacial score (nSPS) is 17.3. The number of nitro benzene ring substituents is 1. The van der Waals surface area contributed by atoms with Crippen LogP contribution in [0.15, 0.2) is 84.4 Å². The number of fused-ring (bicyclic) bond motifs is 4. The molecule has 1 aliphatic heterocycles. The molecule has 1 atom stereocenters. The quantitative estimate of drug-likeness (QED) is 0.121. The molecule has 0 saturated carbocycles. The summed E-state index contributed by atoms with van der Waals surface area (Å²) in [5, 5.41) is 16.8. The lowest BCUT2D eigenvalue weighted by atomic mass is 9.68. The summed E-state index contributed by atoms with van der Waals surface area (Å²) in [5.41, 5.74) is 4.55. The Kier molecular flexibility index (Phi) is 6.33. The molecule has 0 bridgehead atoms. The highest BCUT2D eigenvalue weighted by molar-refractivity contribution is 6.13. The number of nitro groups is 1. The number of allylic oxidation sites excluding steroid dienone is 1. The van der Waals surface area contributed by atoms with Crippen LogP contribution >= 0.6 is 0 Å². The summed E-state index contributed by atoms with van der Waals surface area (Å²) in [6.45, 7) is 4.27. The van der Waals surface area contributed by atoms with E-state index in [1.165, 1.54) is 31.4 Å². The minimum absolute atomic E-state index is 0.111. The van der Waals surface area contributed by atoms with Gasteiger partial charge in [-0.2, -0.15) is 0 Å². The molecule has 0 saturated heterocycles. The second kappa shape index (κ2) is 9.89. The zero-order valence-electron chi connectivity index (χ0n) is 22.9. The number of anilines is 1. The van der Waals surface area contributed by atoms with Crippen LogP contribution in [-0.2, 0) is 4.79 Å². The van der Waals surface area contributed by atoms with E-state index in [1.54, 1.807) is 12.1 Å². The molecule has 0 unspecified atom stereocenters. The van der Waals surface area contributed by atoms with Gasteiger partial charge in [0.25, 0.3) is 5.69 Å². The topological polar surface area (TPSA) is 108 Å². The van der Waals surface area contributed by atoms with E-state index in [9.17, 15) is 19.7 Å². The maximum absolute atomic E-state index is 13.7. The Morgan fingerprint density at radius 1 is 0.976 bits per heavy atom. The largest absolute Gasteiger partial charge is 0.493 e.